The second-order valence-corrected chi connectivity index (χ2v) is 10.6. The van der Waals surface area contributed by atoms with Gasteiger partial charge in [0.25, 0.3) is 11.6 Å². The summed E-state index contributed by atoms with van der Waals surface area (Å²) in [6.07, 6.45) is 0.912. The second kappa shape index (κ2) is 11.5. The molecule has 12 nitrogen and oxygen atoms in total. The molecule has 30 heavy (non-hydrogen) atoms. The largest absolute Gasteiger partial charge is 0.469 e. The van der Waals surface area contributed by atoms with Gasteiger partial charge in [0.15, 0.2) is 9.84 Å². The van der Waals surface area contributed by atoms with Gasteiger partial charge in [-0.1, -0.05) is 31.9 Å². The number of hydrogen-bond acceptors (Lipinski definition) is 8. The van der Waals surface area contributed by atoms with Crippen molar-refractivity contribution < 1.29 is 37.0 Å². The number of hydrogen-bond donors (Lipinski definition) is 3. The molecule has 0 saturated heterocycles. The number of alkyl halides is 2. The highest BCUT2D eigenvalue weighted by Crippen LogP contribution is 2.35. The van der Waals surface area contributed by atoms with Gasteiger partial charge in [0.2, 0.25) is 0 Å². The van der Waals surface area contributed by atoms with Crippen molar-refractivity contribution in [1.82, 2.24) is 5.32 Å². The van der Waals surface area contributed by atoms with Gasteiger partial charge in [-0.25, -0.2) is 13.0 Å². The molecular weight excluding hydrogens is 577 g/mol. The summed E-state index contributed by atoms with van der Waals surface area (Å²) < 4.78 is 39.4. The highest BCUT2D eigenvalue weighted by Gasteiger charge is 2.29. The lowest BCUT2D eigenvalue weighted by Crippen LogP contribution is -2.31. The molecule has 16 heteroatoms. The Morgan fingerprint density at radius 2 is 1.87 bits per heavy atom. The SMILES string of the molecule is CS(=O)(=O)c1cc([N+](=O)[O-])c(C(=O)NCCOP(=O)(O)O)cc1N(CCBr)CCBr. The van der Waals surface area contributed by atoms with Crippen molar-refractivity contribution in [2.45, 2.75) is 4.90 Å². The van der Waals surface area contributed by atoms with Crippen LogP contribution in [0.5, 0.6) is 0 Å². The van der Waals surface area contributed by atoms with E-state index in [4.69, 9.17) is 9.79 Å². The van der Waals surface area contributed by atoms with E-state index in [-0.39, 0.29) is 17.1 Å². The first-order valence-electron chi connectivity index (χ1n) is 8.19. The van der Waals surface area contributed by atoms with Crippen LogP contribution in [0.15, 0.2) is 17.0 Å². The number of nitro groups is 1. The Kier molecular flexibility index (Phi) is 10.3. The molecule has 0 fully saturated rings. The second-order valence-electron chi connectivity index (χ2n) is 5.81. The van der Waals surface area contributed by atoms with Gasteiger partial charge < -0.3 is 20.0 Å². The summed E-state index contributed by atoms with van der Waals surface area (Å²) in [6, 6.07) is 1.96. The maximum absolute atomic E-state index is 12.5. The number of benzene rings is 1. The fraction of sp³-hybridized carbons (Fsp3) is 0.500. The van der Waals surface area contributed by atoms with E-state index in [1.54, 1.807) is 4.90 Å². The first-order valence-corrected chi connectivity index (χ1v) is 13.9. The number of nitro benzene ring substituents is 1. The highest BCUT2D eigenvalue weighted by molar-refractivity contribution is 9.09. The number of carbonyl (C=O) groups is 1. The lowest BCUT2D eigenvalue weighted by Gasteiger charge is -2.25. The Morgan fingerprint density at radius 3 is 2.30 bits per heavy atom. The van der Waals surface area contributed by atoms with Gasteiger partial charge in [0.1, 0.15) is 5.56 Å². The van der Waals surface area contributed by atoms with Crippen molar-refractivity contribution in [3.05, 3.63) is 27.8 Å². The molecule has 0 saturated carbocycles. The molecule has 1 amide bonds. The van der Waals surface area contributed by atoms with Crippen LogP contribution in [0.3, 0.4) is 0 Å². The van der Waals surface area contributed by atoms with E-state index in [2.05, 4.69) is 41.7 Å². The van der Waals surface area contributed by atoms with Gasteiger partial charge in [-0.2, -0.15) is 0 Å². The Hall–Kier alpha value is -1.09. The van der Waals surface area contributed by atoms with Crippen molar-refractivity contribution in [3.8, 4) is 0 Å². The third-order valence-electron chi connectivity index (χ3n) is 3.61. The summed E-state index contributed by atoms with van der Waals surface area (Å²) in [5.74, 6) is -0.921. The van der Waals surface area contributed by atoms with Crippen LogP contribution in [0.25, 0.3) is 0 Å². The normalized spacial score (nSPS) is 11.9. The number of nitrogens with one attached hydrogen (secondary N) is 1. The lowest BCUT2D eigenvalue weighted by atomic mass is 10.1. The third-order valence-corrected chi connectivity index (χ3v) is 5.97. The summed E-state index contributed by atoms with van der Waals surface area (Å²) in [4.78, 5) is 41.7. The van der Waals surface area contributed by atoms with Crippen LogP contribution in [-0.4, -0.2) is 72.2 Å². The number of phosphoric ester groups is 1. The summed E-state index contributed by atoms with van der Waals surface area (Å²) in [5, 5.41) is 14.7. The van der Waals surface area contributed by atoms with E-state index in [1.807, 2.05) is 0 Å². The van der Waals surface area contributed by atoms with E-state index in [9.17, 15) is 27.9 Å². The Bertz CT molecular complexity index is 933. The molecule has 1 rings (SSSR count). The van der Waals surface area contributed by atoms with Crippen LogP contribution in [0, 0.1) is 10.1 Å². The van der Waals surface area contributed by atoms with Crippen molar-refractivity contribution >= 4 is 66.8 Å². The van der Waals surface area contributed by atoms with Crippen molar-refractivity contribution in [2.24, 2.45) is 0 Å². The molecule has 170 valence electrons. The first kappa shape index (κ1) is 26.9. The number of halogens is 2. The zero-order valence-electron chi connectivity index (χ0n) is 15.7. The van der Waals surface area contributed by atoms with Crippen LogP contribution in [0.2, 0.25) is 0 Å². The summed E-state index contributed by atoms with van der Waals surface area (Å²) in [5.41, 5.74) is -0.989. The minimum absolute atomic E-state index is 0.124. The quantitative estimate of drug-likeness (QED) is 0.105. The summed E-state index contributed by atoms with van der Waals surface area (Å²) in [7, 11) is -8.59. The highest BCUT2D eigenvalue weighted by atomic mass is 79.9. The predicted octanol–water partition coefficient (Wildman–Crippen LogP) is 1.43. The first-order chi connectivity index (χ1) is 13.8. The maximum Gasteiger partial charge on any atom is 0.469 e. The lowest BCUT2D eigenvalue weighted by molar-refractivity contribution is -0.385. The molecule has 0 spiro atoms. The number of anilines is 1. The van der Waals surface area contributed by atoms with E-state index in [0.29, 0.717) is 23.7 Å². The van der Waals surface area contributed by atoms with Gasteiger partial charge in [0, 0.05) is 42.6 Å². The number of nitrogens with zero attached hydrogens (tertiary/aromatic N) is 2. The van der Waals surface area contributed by atoms with E-state index >= 15 is 0 Å². The Labute approximate surface area is 189 Å². The molecule has 0 unspecified atom stereocenters. The van der Waals surface area contributed by atoms with Gasteiger partial charge in [-0.15, -0.1) is 0 Å². The fourth-order valence-electron chi connectivity index (χ4n) is 2.42. The molecule has 0 atom stereocenters. The zero-order valence-corrected chi connectivity index (χ0v) is 20.5. The molecule has 0 aromatic heterocycles. The zero-order chi connectivity index (χ0) is 23.1. The van der Waals surface area contributed by atoms with Gasteiger partial charge in [-0.05, 0) is 6.07 Å². The van der Waals surface area contributed by atoms with E-state index < -0.39 is 46.3 Å². The number of amides is 1. The molecule has 1 aromatic rings. The number of rotatable bonds is 12. The molecule has 3 N–H and O–H groups in total. The average Bonchev–Trinajstić information content (AvgIpc) is 2.62. The Balaban J connectivity index is 3.43. The molecule has 1 aromatic carbocycles. The minimum atomic E-state index is -4.73. The smallest absolute Gasteiger partial charge is 0.369 e. The average molecular weight is 597 g/mol. The van der Waals surface area contributed by atoms with E-state index in [1.165, 1.54) is 0 Å². The van der Waals surface area contributed by atoms with Crippen LogP contribution in [0.1, 0.15) is 10.4 Å². The third kappa shape index (κ3) is 8.21. The number of carbonyl (C=O) groups excluding carboxylic acids is 1. The van der Waals surface area contributed by atoms with Crippen molar-refractivity contribution in [3.63, 3.8) is 0 Å². The molecule has 0 radical (unpaired) electrons. The molecule has 0 aliphatic carbocycles. The monoisotopic (exact) mass is 595 g/mol. The van der Waals surface area contributed by atoms with Gasteiger partial charge in [0.05, 0.1) is 22.1 Å². The molecular formula is C14H20Br2N3O9PS. The van der Waals surface area contributed by atoms with Crippen LogP contribution in [0.4, 0.5) is 11.4 Å². The van der Waals surface area contributed by atoms with Crippen LogP contribution < -0.4 is 10.2 Å². The topological polar surface area (TPSA) is 176 Å². The molecule has 0 aliphatic rings. The van der Waals surface area contributed by atoms with E-state index in [0.717, 1.165) is 18.4 Å². The van der Waals surface area contributed by atoms with Crippen LogP contribution >= 0.6 is 39.7 Å². The number of phosphoric acid groups is 1. The standard InChI is InChI=1S/C14H20Br2N3O9PS/c1-30(26,27)13-9-11(19(21)22)10(8-12(13)18(5-2-15)6-3-16)14(20)17-4-7-28-29(23,24)25/h8-9H,2-7H2,1H3,(H,17,20)(H2,23,24,25). The molecule has 0 aliphatic heterocycles. The van der Waals surface area contributed by atoms with Crippen LogP contribution in [-0.2, 0) is 18.9 Å². The minimum Gasteiger partial charge on any atom is -0.369 e. The Morgan fingerprint density at radius 1 is 1.30 bits per heavy atom. The molecule has 0 heterocycles. The summed E-state index contributed by atoms with van der Waals surface area (Å²) >= 11 is 6.53. The van der Waals surface area contributed by atoms with Gasteiger partial charge >= 0.3 is 7.82 Å². The number of sulfone groups is 1. The summed E-state index contributed by atoms with van der Waals surface area (Å²) in [6.45, 7) is -0.138. The van der Waals surface area contributed by atoms with Crippen molar-refractivity contribution in [2.75, 3.05) is 48.1 Å². The molecule has 0 bridgehead atoms. The fourth-order valence-corrected chi connectivity index (χ4v) is 4.49. The van der Waals surface area contributed by atoms with Crippen molar-refractivity contribution in [1.29, 1.82) is 0 Å². The predicted molar refractivity (Wildman–Crippen MR) is 116 cm³/mol. The van der Waals surface area contributed by atoms with Gasteiger partial charge in [-0.3, -0.25) is 19.4 Å². The maximum atomic E-state index is 12.5.